The van der Waals surface area contributed by atoms with Gasteiger partial charge in [0.25, 0.3) is 11.4 Å². The van der Waals surface area contributed by atoms with Gasteiger partial charge in [-0.3, -0.25) is 30.2 Å². The summed E-state index contributed by atoms with van der Waals surface area (Å²) in [7, 11) is 5.69. The Labute approximate surface area is 245 Å². The van der Waals surface area contributed by atoms with E-state index in [1.54, 1.807) is 48.5 Å². The van der Waals surface area contributed by atoms with Crippen molar-refractivity contribution >= 4 is 35.2 Å². The number of aliphatic imine (C=N–C) groups is 2. The van der Waals surface area contributed by atoms with Crippen molar-refractivity contribution < 1.29 is 33.5 Å². The van der Waals surface area contributed by atoms with E-state index in [4.69, 9.17) is 23.7 Å². The molecular formula is C30H26N4O9. The molecule has 4 aromatic carbocycles. The molecule has 13 nitrogen and oxygen atoms in total. The molecule has 4 rings (SSSR count). The van der Waals surface area contributed by atoms with Crippen LogP contribution < -0.4 is 23.7 Å². The molecule has 0 saturated heterocycles. The maximum atomic E-state index is 11.5. The molecular weight excluding hydrogens is 560 g/mol. The number of ether oxygens (including phenoxy) is 5. The van der Waals surface area contributed by atoms with Crippen molar-refractivity contribution in [3.05, 3.63) is 104 Å². The van der Waals surface area contributed by atoms with Gasteiger partial charge in [0.05, 0.1) is 72.9 Å². The van der Waals surface area contributed by atoms with Gasteiger partial charge in [-0.05, 0) is 60.7 Å². The highest BCUT2D eigenvalue weighted by molar-refractivity contribution is 5.89. The highest BCUT2D eigenvalue weighted by Crippen LogP contribution is 2.35. The van der Waals surface area contributed by atoms with Gasteiger partial charge in [-0.15, -0.1) is 0 Å². The highest BCUT2D eigenvalue weighted by Gasteiger charge is 2.19. The Hall–Kier alpha value is -5.98. The van der Waals surface area contributed by atoms with E-state index in [2.05, 4.69) is 9.98 Å². The lowest BCUT2D eigenvalue weighted by Gasteiger charge is -2.09. The van der Waals surface area contributed by atoms with E-state index < -0.39 is 9.85 Å². The highest BCUT2D eigenvalue weighted by atomic mass is 16.6. The molecule has 43 heavy (non-hydrogen) atoms. The largest absolute Gasteiger partial charge is 0.493 e. The predicted molar refractivity (Wildman–Crippen MR) is 160 cm³/mol. The minimum atomic E-state index is -0.517. The average Bonchev–Trinajstić information content (AvgIpc) is 3.02. The molecule has 0 atom stereocenters. The van der Waals surface area contributed by atoms with E-state index >= 15 is 0 Å². The lowest BCUT2D eigenvalue weighted by molar-refractivity contribution is -0.385. The second-order valence-corrected chi connectivity index (χ2v) is 8.65. The molecule has 0 fully saturated rings. The number of hydrogen-bond donors (Lipinski definition) is 0. The zero-order valence-electron chi connectivity index (χ0n) is 23.5. The topological polar surface area (TPSA) is 157 Å². The average molecular weight is 587 g/mol. The van der Waals surface area contributed by atoms with Crippen LogP contribution in [0.15, 0.2) is 82.8 Å². The molecule has 0 saturated carbocycles. The monoisotopic (exact) mass is 586 g/mol. The SMILES string of the molecule is COc1cc(C=Nc2ccc(Oc3ccc(N=Cc4cc(OC)c(OC)cc4[N+](=O)[O-])cc3)cc2)c([N+](=O)[O-])cc1OC. The zero-order chi connectivity index (χ0) is 30.9. The normalized spacial score (nSPS) is 11.0. The Morgan fingerprint density at radius 2 is 0.884 bits per heavy atom. The molecule has 0 heterocycles. The summed E-state index contributed by atoms with van der Waals surface area (Å²) >= 11 is 0. The van der Waals surface area contributed by atoms with Gasteiger partial charge in [-0.2, -0.15) is 0 Å². The van der Waals surface area contributed by atoms with Crippen molar-refractivity contribution in [1.29, 1.82) is 0 Å². The Morgan fingerprint density at radius 1 is 0.558 bits per heavy atom. The zero-order valence-corrected chi connectivity index (χ0v) is 23.5. The van der Waals surface area contributed by atoms with E-state index in [0.29, 0.717) is 34.4 Å². The van der Waals surface area contributed by atoms with Gasteiger partial charge in [-0.25, -0.2) is 0 Å². The van der Waals surface area contributed by atoms with Gasteiger partial charge in [0, 0.05) is 12.4 Å². The molecule has 0 amide bonds. The lowest BCUT2D eigenvalue weighted by Crippen LogP contribution is -1.98. The van der Waals surface area contributed by atoms with Crippen LogP contribution >= 0.6 is 0 Å². The first-order valence-electron chi connectivity index (χ1n) is 12.5. The van der Waals surface area contributed by atoms with Crippen molar-refractivity contribution in [2.75, 3.05) is 28.4 Å². The summed E-state index contributed by atoms with van der Waals surface area (Å²) in [6.45, 7) is 0. The number of benzene rings is 4. The Kier molecular flexibility index (Phi) is 9.48. The number of nitro groups is 2. The smallest absolute Gasteiger partial charge is 0.282 e. The van der Waals surface area contributed by atoms with Gasteiger partial charge >= 0.3 is 0 Å². The van der Waals surface area contributed by atoms with Crippen molar-refractivity contribution in [2.24, 2.45) is 9.98 Å². The van der Waals surface area contributed by atoms with Gasteiger partial charge < -0.3 is 23.7 Å². The summed E-state index contributed by atoms with van der Waals surface area (Å²) in [6, 6.07) is 19.2. The first kappa shape index (κ1) is 30.0. The van der Waals surface area contributed by atoms with E-state index in [-0.39, 0.29) is 34.0 Å². The molecule has 13 heteroatoms. The third kappa shape index (κ3) is 7.21. The second kappa shape index (κ2) is 13.6. The van der Waals surface area contributed by atoms with Crippen LogP contribution in [0.5, 0.6) is 34.5 Å². The first-order chi connectivity index (χ1) is 20.8. The fraction of sp³-hybridized carbons (Fsp3) is 0.133. The van der Waals surface area contributed by atoms with Crippen molar-refractivity contribution in [3.8, 4) is 34.5 Å². The van der Waals surface area contributed by atoms with Gasteiger partial charge in [0.2, 0.25) is 0 Å². The molecule has 0 N–H and O–H groups in total. The second-order valence-electron chi connectivity index (χ2n) is 8.65. The minimum Gasteiger partial charge on any atom is -0.493 e. The van der Waals surface area contributed by atoms with E-state index in [1.807, 2.05) is 0 Å². The van der Waals surface area contributed by atoms with Crippen LogP contribution in [0.1, 0.15) is 11.1 Å². The standard InChI is InChI=1S/C30H26N4O9/c1-39-27-13-19(25(33(35)36)15-29(27)41-3)17-31-21-5-9-23(10-6-21)43-24-11-7-22(8-12-24)32-18-20-14-28(40-2)30(42-4)16-26(20)34(37)38/h5-18H,1-4H3. The van der Waals surface area contributed by atoms with Crippen LogP contribution in [-0.4, -0.2) is 50.7 Å². The molecule has 0 unspecified atom stereocenters. The van der Waals surface area contributed by atoms with Gasteiger partial charge in [-0.1, -0.05) is 0 Å². The number of rotatable bonds is 12. The Morgan fingerprint density at radius 3 is 1.19 bits per heavy atom. The summed E-state index contributed by atoms with van der Waals surface area (Å²) in [5.74, 6) is 2.25. The molecule has 4 aromatic rings. The predicted octanol–water partition coefficient (Wildman–Crippen LogP) is 6.83. The van der Waals surface area contributed by atoms with Crippen LogP contribution in [0, 0.1) is 20.2 Å². The first-order valence-corrected chi connectivity index (χ1v) is 12.5. The molecule has 0 bridgehead atoms. The number of hydrogen-bond acceptors (Lipinski definition) is 11. The summed E-state index contributed by atoms with van der Waals surface area (Å²) in [5, 5.41) is 23.0. The van der Waals surface area contributed by atoms with Gasteiger partial charge in [0.15, 0.2) is 23.0 Å². The lowest BCUT2D eigenvalue weighted by atomic mass is 10.1. The summed E-state index contributed by atoms with van der Waals surface area (Å²) in [6.07, 6.45) is 2.76. The minimum absolute atomic E-state index is 0.170. The molecule has 220 valence electrons. The summed E-state index contributed by atoms with van der Waals surface area (Å²) in [4.78, 5) is 30.7. The van der Waals surface area contributed by atoms with Crippen LogP contribution in [0.25, 0.3) is 0 Å². The summed E-state index contributed by atoms with van der Waals surface area (Å²) in [5.41, 5.74) is 1.26. The maximum absolute atomic E-state index is 11.5. The quantitative estimate of drug-likeness (QED) is 0.0985. The number of nitro benzene ring substituents is 2. The molecule has 0 aliphatic heterocycles. The molecule has 0 aliphatic rings. The molecule has 0 spiro atoms. The molecule has 0 aliphatic carbocycles. The third-order valence-electron chi connectivity index (χ3n) is 6.07. The van der Waals surface area contributed by atoms with Crippen molar-refractivity contribution in [2.45, 2.75) is 0 Å². The Bertz CT molecular complexity index is 1560. The van der Waals surface area contributed by atoms with Crippen LogP contribution in [0.2, 0.25) is 0 Å². The van der Waals surface area contributed by atoms with E-state index in [9.17, 15) is 20.2 Å². The summed E-state index contributed by atoms with van der Waals surface area (Å²) < 4.78 is 26.7. The van der Waals surface area contributed by atoms with E-state index in [0.717, 1.165) is 0 Å². The fourth-order valence-electron chi connectivity index (χ4n) is 3.92. The van der Waals surface area contributed by atoms with Gasteiger partial charge in [0.1, 0.15) is 11.5 Å². The maximum Gasteiger partial charge on any atom is 0.282 e. The third-order valence-corrected chi connectivity index (χ3v) is 6.07. The van der Waals surface area contributed by atoms with E-state index in [1.165, 1.54) is 65.1 Å². The van der Waals surface area contributed by atoms with Crippen molar-refractivity contribution in [3.63, 3.8) is 0 Å². The number of nitrogens with zero attached hydrogens (tertiary/aromatic N) is 4. The van der Waals surface area contributed by atoms with Crippen LogP contribution in [0.3, 0.4) is 0 Å². The molecule has 0 radical (unpaired) electrons. The molecule has 0 aromatic heterocycles. The number of methoxy groups -OCH3 is 4. The fourth-order valence-corrected chi connectivity index (χ4v) is 3.92. The Balaban J connectivity index is 1.45. The van der Waals surface area contributed by atoms with Crippen LogP contribution in [0.4, 0.5) is 22.7 Å². The van der Waals surface area contributed by atoms with Crippen LogP contribution in [-0.2, 0) is 0 Å². The van der Waals surface area contributed by atoms with Crippen molar-refractivity contribution in [1.82, 2.24) is 0 Å².